The third kappa shape index (κ3) is 1.27. The molecule has 1 aliphatic carbocycles. The summed E-state index contributed by atoms with van der Waals surface area (Å²) in [6, 6.07) is 8.32. The standard InChI is InChI=1S/C15H20O/c1-10(2)15(11(3)4)13-8-6-5-7-12(13)9-14(15)16/h5-8,10-11H,9H2,1-4H3. The number of ketones is 1. The molecule has 0 saturated carbocycles. The van der Waals surface area contributed by atoms with Crippen LogP contribution in [0, 0.1) is 11.8 Å². The quantitative estimate of drug-likeness (QED) is 0.741. The molecule has 0 saturated heterocycles. The average Bonchev–Trinajstić information content (AvgIpc) is 2.50. The van der Waals surface area contributed by atoms with Crippen molar-refractivity contribution in [2.75, 3.05) is 0 Å². The minimum atomic E-state index is -0.253. The molecule has 0 aromatic heterocycles. The molecule has 16 heavy (non-hydrogen) atoms. The molecule has 0 atom stereocenters. The summed E-state index contributed by atoms with van der Waals surface area (Å²) in [7, 11) is 0. The SMILES string of the molecule is CC(C)C1(C(C)C)C(=O)Cc2ccccc21. The molecule has 2 rings (SSSR count). The van der Waals surface area contributed by atoms with Crippen molar-refractivity contribution < 1.29 is 4.79 Å². The Morgan fingerprint density at radius 2 is 1.62 bits per heavy atom. The first-order valence-electron chi connectivity index (χ1n) is 6.13. The van der Waals surface area contributed by atoms with Crippen LogP contribution >= 0.6 is 0 Å². The Bertz CT molecular complexity index is 407. The van der Waals surface area contributed by atoms with Gasteiger partial charge in [0.1, 0.15) is 5.78 Å². The van der Waals surface area contributed by atoms with Crippen molar-refractivity contribution in [3.63, 3.8) is 0 Å². The Hall–Kier alpha value is -1.11. The lowest BCUT2D eigenvalue weighted by Gasteiger charge is -2.37. The van der Waals surface area contributed by atoms with Crippen LogP contribution in [-0.4, -0.2) is 5.78 Å². The van der Waals surface area contributed by atoms with Gasteiger partial charge in [-0.05, 0) is 23.0 Å². The Morgan fingerprint density at radius 1 is 1.06 bits per heavy atom. The fourth-order valence-corrected chi connectivity index (χ4v) is 3.48. The summed E-state index contributed by atoms with van der Waals surface area (Å²) in [6.07, 6.45) is 0.618. The van der Waals surface area contributed by atoms with Crippen LogP contribution < -0.4 is 0 Å². The van der Waals surface area contributed by atoms with E-state index < -0.39 is 0 Å². The van der Waals surface area contributed by atoms with E-state index in [1.54, 1.807) is 0 Å². The van der Waals surface area contributed by atoms with Crippen molar-refractivity contribution >= 4 is 5.78 Å². The number of fused-ring (bicyclic) bond motifs is 1. The lowest BCUT2D eigenvalue weighted by molar-refractivity contribution is -0.126. The summed E-state index contributed by atoms with van der Waals surface area (Å²) >= 11 is 0. The van der Waals surface area contributed by atoms with E-state index in [1.807, 2.05) is 6.07 Å². The topological polar surface area (TPSA) is 17.1 Å². The Morgan fingerprint density at radius 3 is 2.19 bits per heavy atom. The molecular weight excluding hydrogens is 196 g/mol. The molecule has 0 heterocycles. The zero-order valence-corrected chi connectivity index (χ0v) is 10.6. The second-order valence-corrected chi connectivity index (χ2v) is 5.44. The first-order valence-corrected chi connectivity index (χ1v) is 6.13. The smallest absolute Gasteiger partial charge is 0.148 e. The van der Waals surface area contributed by atoms with Gasteiger partial charge in [-0.15, -0.1) is 0 Å². The molecule has 1 heteroatoms. The predicted octanol–water partition coefficient (Wildman–Crippen LogP) is 3.36. The van der Waals surface area contributed by atoms with Crippen LogP contribution in [0.2, 0.25) is 0 Å². The van der Waals surface area contributed by atoms with Gasteiger partial charge in [0.2, 0.25) is 0 Å². The molecule has 0 N–H and O–H groups in total. The highest BCUT2D eigenvalue weighted by molar-refractivity contribution is 5.97. The Balaban J connectivity index is 2.67. The zero-order chi connectivity index (χ0) is 11.9. The van der Waals surface area contributed by atoms with E-state index in [-0.39, 0.29) is 5.41 Å². The normalized spacial score (nSPS) is 18.2. The van der Waals surface area contributed by atoms with E-state index in [2.05, 4.69) is 45.9 Å². The molecule has 0 unspecified atom stereocenters. The molecule has 1 aromatic carbocycles. The van der Waals surface area contributed by atoms with Crippen LogP contribution in [0.4, 0.5) is 0 Å². The van der Waals surface area contributed by atoms with Crippen molar-refractivity contribution in [2.24, 2.45) is 11.8 Å². The number of hydrogen-bond donors (Lipinski definition) is 0. The van der Waals surface area contributed by atoms with E-state index in [1.165, 1.54) is 11.1 Å². The number of carbonyl (C=O) groups is 1. The minimum Gasteiger partial charge on any atom is -0.298 e. The van der Waals surface area contributed by atoms with Gasteiger partial charge in [-0.3, -0.25) is 4.79 Å². The first-order chi connectivity index (χ1) is 7.51. The molecule has 1 nitrogen and oxygen atoms in total. The lowest BCUT2D eigenvalue weighted by atomic mass is 9.64. The van der Waals surface area contributed by atoms with Gasteiger partial charge in [0, 0.05) is 6.42 Å². The van der Waals surface area contributed by atoms with Crippen molar-refractivity contribution in [1.82, 2.24) is 0 Å². The van der Waals surface area contributed by atoms with Crippen LogP contribution in [-0.2, 0) is 16.6 Å². The number of hydrogen-bond acceptors (Lipinski definition) is 1. The Labute approximate surface area is 97.9 Å². The maximum Gasteiger partial charge on any atom is 0.148 e. The summed E-state index contributed by atoms with van der Waals surface area (Å²) in [4.78, 5) is 12.4. The molecule has 1 aliphatic rings. The third-order valence-corrected chi connectivity index (χ3v) is 4.10. The molecule has 0 spiro atoms. The molecule has 0 aliphatic heterocycles. The minimum absolute atomic E-state index is 0.253. The van der Waals surface area contributed by atoms with Gasteiger partial charge in [-0.25, -0.2) is 0 Å². The number of rotatable bonds is 2. The molecule has 0 bridgehead atoms. The molecular formula is C15H20O. The van der Waals surface area contributed by atoms with Gasteiger partial charge in [-0.1, -0.05) is 52.0 Å². The summed E-state index contributed by atoms with van der Waals surface area (Å²) in [5.74, 6) is 1.13. The molecule has 0 fully saturated rings. The summed E-state index contributed by atoms with van der Waals surface area (Å²) in [5, 5.41) is 0. The second kappa shape index (κ2) is 3.73. The van der Waals surface area contributed by atoms with Gasteiger partial charge in [0.05, 0.1) is 5.41 Å². The van der Waals surface area contributed by atoms with Crippen molar-refractivity contribution in [1.29, 1.82) is 0 Å². The zero-order valence-electron chi connectivity index (χ0n) is 10.6. The van der Waals surface area contributed by atoms with Crippen LogP contribution in [0.3, 0.4) is 0 Å². The van der Waals surface area contributed by atoms with Gasteiger partial charge in [0.25, 0.3) is 0 Å². The number of benzene rings is 1. The number of carbonyl (C=O) groups excluding carboxylic acids is 1. The van der Waals surface area contributed by atoms with Crippen LogP contribution in [0.25, 0.3) is 0 Å². The van der Waals surface area contributed by atoms with Crippen molar-refractivity contribution in [2.45, 2.75) is 39.5 Å². The van der Waals surface area contributed by atoms with E-state index in [9.17, 15) is 4.79 Å². The van der Waals surface area contributed by atoms with Crippen LogP contribution in [0.1, 0.15) is 38.8 Å². The molecule has 0 radical (unpaired) electrons. The van der Waals surface area contributed by atoms with Gasteiger partial charge >= 0.3 is 0 Å². The van der Waals surface area contributed by atoms with Crippen molar-refractivity contribution in [3.05, 3.63) is 35.4 Å². The predicted molar refractivity (Wildman–Crippen MR) is 66.5 cm³/mol. The molecule has 86 valence electrons. The lowest BCUT2D eigenvalue weighted by Crippen LogP contribution is -2.42. The largest absolute Gasteiger partial charge is 0.298 e. The molecule has 0 amide bonds. The highest BCUT2D eigenvalue weighted by Gasteiger charge is 2.50. The summed E-state index contributed by atoms with van der Waals surface area (Å²) in [6.45, 7) is 8.67. The van der Waals surface area contributed by atoms with Gasteiger partial charge < -0.3 is 0 Å². The second-order valence-electron chi connectivity index (χ2n) is 5.44. The number of Topliss-reactive ketones (excluding diaryl/α,β-unsaturated/α-hetero) is 1. The summed E-state index contributed by atoms with van der Waals surface area (Å²) < 4.78 is 0. The van der Waals surface area contributed by atoms with Crippen LogP contribution in [0.15, 0.2) is 24.3 Å². The van der Waals surface area contributed by atoms with E-state index in [4.69, 9.17) is 0 Å². The van der Waals surface area contributed by atoms with E-state index in [0.717, 1.165) is 0 Å². The fourth-order valence-electron chi connectivity index (χ4n) is 3.48. The van der Waals surface area contributed by atoms with E-state index >= 15 is 0 Å². The maximum absolute atomic E-state index is 12.4. The monoisotopic (exact) mass is 216 g/mol. The first kappa shape index (κ1) is 11.4. The summed E-state index contributed by atoms with van der Waals surface area (Å²) in [5.41, 5.74) is 2.25. The molecule has 1 aromatic rings. The van der Waals surface area contributed by atoms with Gasteiger partial charge in [0.15, 0.2) is 0 Å². The fraction of sp³-hybridized carbons (Fsp3) is 0.533. The maximum atomic E-state index is 12.4. The van der Waals surface area contributed by atoms with Crippen molar-refractivity contribution in [3.8, 4) is 0 Å². The van der Waals surface area contributed by atoms with Gasteiger partial charge in [-0.2, -0.15) is 0 Å². The highest BCUT2D eigenvalue weighted by Crippen LogP contribution is 2.46. The Kier molecular flexibility index (Phi) is 2.65. The third-order valence-electron chi connectivity index (χ3n) is 4.10. The average molecular weight is 216 g/mol. The van der Waals surface area contributed by atoms with E-state index in [0.29, 0.717) is 24.0 Å². The highest BCUT2D eigenvalue weighted by atomic mass is 16.1. The van der Waals surface area contributed by atoms with Crippen LogP contribution in [0.5, 0.6) is 0 Å².